The topological polar surface area (TPSA) is 104 Å². The summed E-state index contributed by atoms with van der Waals surface area (Å²) >= 11 is 0. The largest absolute Gasteiger partial charge is 0.316 e. The van der Waals surface area contributed by atoms with Crippen LogP contribution in [0.25, 0.3) is 0 Å². The van der Waals surface area contributed by atoms with Gasteiger partial charge in [-0.15, -0.1) is 0 Å². The molecule has 0 radical (unpaired) electrons. The average Bonchev–Trinajstić information content (AvgIpc) is 2.18. The second-order valence-corrected chi connectivity index (χ2v) is 4.63. The molecule has 0 saturated heterocycles. The maximum atomic E-state index is 10.5. The van der Waals surface area contributed by atoms with Crippen LogP contribution in [0.1, 0.15) is 12.5 Å². The smallest absolute Gasteiger partial charge is 0.294 e. The fourth-order valence-electron chi connectivity index (χ4n) is 0.710. The van der Waals surface area contributed by atoms with Gasteiger partial charge in [0, 0.05) is 0 Å². The molecule has 0 aliphatic heterocycles. The summed E-state index contributed by atoms with van der Waals surface area (Å²) in [6.07, 6.45) is 0. The molecule has 0 aromatic heterocycles. The molecule has 16 heavy (non-hydrogen) atoms. The summed E-state index contributed by atoms with van der Waals surface area (Å²) in [7, 11) is -4.02. The minimum atomic E-state index is -4.02. The van der Waals surface area contributed by atoms with E-state index in [-0.39, 0.29) is 10.9 Å². The van der Waals surface area contributed by atoms with Crippen molar-refractivity contribution >= 4 is 10.1 Å². The molecule has 5 nitrogen and oxygen atoms in total. The molecule has 6 heteroatoms. The van der Waals surface area contributed by atoms with Crippen molar-refractivity contribution in [2.75, 3.05) is 0 Å². The molecule has 1 aromatic rings. The monoisotopic (exact) mass is 242 g/mol. The predicted molar refractivity (Wildman–Crippen MR) is 60.3 cm³/mol. The lowest BCUT2D eigenvalue weighted by Gasteiger charge is -1.95. The number of hydrogen-bond acceptors (Lipinski definition) is 4. The standard InChI is InChI=1S/C7H8O3S.C3H6N2/c1-6-2-4-7(5-3-6)11(8,9)10;1-3(5)2-4/h2-5H,1H3,(H,8,9,10);3H,5H2,1H3/t;3-/m.1/s1. The van der Waals surface area contributed by atoms with Crippen molar-refractivity contribution in [1.29, 1.82) is 5.26 Å². The van der Waals surface area contributed by atoms with E-state index in [9.17, 15) is 8.42 Å². The van der Waals surface area contributed by atoms with Gasteiger partial charge in [0.25, 0.3) is 10.1 Å². The Morgan fingerprint density at radius 2 is 1.75 bits per heavy atom. The molecule has 0 bridgehead atoms. The Morgan fingerprint density at radius 3 is 2.00 bits per heavy atom. The van der Waals surface area contributed by atoms with Gasteiger partial charge >= 0.3 is 0 Å². The highest BCUT2D eigenvalue weighted by Crippen LogP contribution is 2.08. The lowest BCUT2D eigenvalue weighted by atomic mass is 10.2. The van der Waals surface area contributed by atoms with Gasteiger partial charge in [-0.2, -0.15) is 13.7 Å². The zero-order valence-corrected chi connectivity index (χ0v) is 9.90. The maximum absolute atomic E-state index is 10.5. The molecule has 0 fully saturated rings. The molecule has 88 valence electrons. The third kappa shape index (κ3) is 6.14. The van der Waals surface area contributed by atoms with Gasteiger partial charge in [0.2, 0.25) is 0 Å². The third-order valence-electron chi connectivity index (χ3n) is 1.52. The van der Waals surface area contributed by atoms with Gasteiger partial charge in [0.15, 0.2) is 0 Å². The minimum Gasteiger partial charge on any atom is -0.316 e. The van der Waals surface area contributed by atoms with Crippen molar-refractivity contribution in [2.24, 2.45) is 5.73 Å². The first-order chi connectivity index (χ1) is 7.27. The highest BCUT2D eigenvalue weighted by atomic mass is 32.2. The zero-order chi connectivity index (χ0) is 12.8. The van der Waals surface area contributed by atoms with E-state index in [4.69, 9.17) is 15.5 Å². The Bertz CT molecular complexity index is 458. The molecule has 0 spiro atoms. The van der Waals surface area contributed by atoms with E-state index in [1.807, 2.05) is 6.92 Å². The van der Waals surface area contributed by atoms with E-state index in [0.717, 1.165) is 5.56 Å². The molecule has 3 N–H and O–H groups in total. The van der Waals surface area contributed by atoms with Crippen LogP contribution in [-0.4, -0.2) is 19.0 Å². The molecule has 0 aliphatic rings. The van der Waals surface area contributed by atoms with Gasteiger partial charge in [-0.25, -0.2) is 0 Å². The number of nitriles is 1. The number of nitrogens with zero attached hydrogens (tertiary/aromatic N) is 1. The highest BCUT2D eigenvalue weighted by Gasteiger charge is 2.06. The minimum absolute atomic E-state index is 0.0666. The molecule has 0 unspecified atom stereocenters. The van der Waals surface area contributed by atoms with Gasteiger partial charge < -0.3 is 5.73 Å². The molecule has 0 heterocycles. The van der Waals surface area contributed by atoms with E-state index in [1.165, 1.54) is 12.1 Å². The van der Waals surface area contributed by atoms with Gasteiger partial charge in [0.05, 0.1) is 17.0 Å². The summed E-state index contributed by atoms with van der Waals surface area (Å²) in [5.41, 5.74) is 5.89. The lowest BCUT2D eigenvalue weighted by molar-refractivity contribution is 0.483. The van der Waals surface area contributed by atoms with E-state index in [2.05, 4.69) is 0 Å². The van der Waals surface area contributed by atoms with Crippen LogP contribution >= 0.6 is 0 Å². The number of aryl methyl sites for hydroxylation is 1. The van der Waals surface area contributed by atoms with Crippen LogP contribution in [0, 0.1) is 18.3 Å². The van der Waals surface area contributed by atoms with Crippen LogP contribution in [0.2, 0.25) is 0 Å². The number of rotatable bonds is 1. The molecular weight excluding hydrogens is 228 g/mol. The second kappa shape index (κ2) is 6.23. The Hall–Kier alpha value is -1.42. The first kappa shape index (κ1) is 14.6. The summed E-state index contributed by atoms with van der Waals surface area (Å²) in [5, 5.41) is 7.77. The van der Waals surface area contributed by atoms with Crippen molar-refractivity contribution in [1.82, 2.24) is 0 Å². The summed E-state index contributed by atoms with van der Waals surface area (Å²) < 4.78 is 29.6. The molecule has 1 atom stereocenters. The predicted octanol–water partition coefficient (Wildman–Crippen LogP) is 1.10. The van der Waals surface area contributed by atoms with E-state index >= 15 is 0 Å². The SMILES string of the molecule is C[C@@H](N)C#N.Cc1ccc(S(=O)(=O)O)cc1. The Balaban J connectivity index is 0.000000385. The lowest BCUT2D eigenvalue weighted by Crippen LogP contribution is -2.09. The zero-order valence-electron chi connectivity index (χ0n) is 9.08. The van der Waals surface area contributed by atoms with Crippen molar-refractivity contribution in [2.45, 2.75) is 24.8 Å². The Kier molecular flexibility index (Phi) is 5.67. The number of nitrogens with two attached hydrogens (primary N) is 1. The van der Waals surface area contributed by atoms with Crippen molar-refractivity contribution in [3.8, 4) is 6.07 Å². The normalized spacial score (nSPS) is 11.9. The van der Waals surface area contributed by atoms with Crippen LogP contribution in [0.15, 0.2) is 29.2 Å². The van der Waals surface area contributed by atoms with Gasteiger partial charge in [-0.3, -0.25) is 4.55 Å². The molecule has 0 saturated carbocycles. The number of hydrogen-bond donors (Lipinski definition) is 2. The first-order valence-corrected chi connectivity index (χ1v) is 5.90. The first-order valence-electron chi connectivity index (χ1n) is 4.46. The Labute approximate surface area is 95.3 Å². The van der Waals surface area contributed by atoms with Gasteiger partial charge in [0.1, 0.15) is 0 Å². The van der Waals surface area contributed by atoms with Crippen LogP contribution in [-0.2, 0) is 10.1 Å². The fourth-order valence-corrected chi connectivity index (χ4v) is 1.19. The van der Waals surface area contributed by atoms with Crippen LogP contribution in [0.4, 0.5) is 0 Å². The molecule has 0 aliphatic carbocycles. The summed E-state index contributed by atoms with van der Waals surface area (Å²) in [5.74, 6) is 0. The van der Waals surface area contributed by atoms with E-state index < -0.39 is 10.1 Å². The summed E-state index contributed by atoms with van der Waals surface area (Å²) in [6, 6.07) is 7.48. The van der Waals surface area contributed by atoms with Gasteiger partial charge in [-0.05, 0) is 26.0 Å². The molecule has 1 rings (SSSR count). The van der Waals surface area contributed by atoms with E-state index in [0.29, 0.717) is 0 Å². The maximum Gasteiger partial charge on any atom is 0.294 e. The van der Waals surface area contributed by atoms with Crippen molar-refractivity contribution in [3.05, 3.63) is 29.8 Å². The van der Waals surface area contributed by atoms with Crippen LogP contribution in [0.5, 0.6) is 0 Å². The average molecular weight is 242 g/mol. The fraction of sp³-hybridized carbons (Fsp3) is 0.300. The Morgan fingerprint density at radius 1 is 1.38 bits per heavy atom. The molecule has 1 aromatic carbocycles. The highest BCUT2D eigenvalue weighted by molar-refractivity contribution is 7.85. The third-order valence-corrected chi connectivity index (χ3v) is 2.39. The van der Waals surface area contributed by atoms with E-state index in [1.54, 1.807) is 25.1 Å². The summed E-state index contributed by atoms with van der Waals surface area (Å²) in [6.45, 7) is 3.48. The quantitative estimate of drug-likeness (QED) is 0.717. The van der Waals surface area contributed by atoms with Gasteiger partial charge in [-0.1, -0.05) is 17.7 Å². The summed E-state index contributed by atoms with van der Waals surface area (Å²) in [4.78, 5) is -0.0666. The molecule has 0 amide bonds. The van der Waals surface area contributed by atoms with Crippen LogP contribution in [0.3, 0.4) is 0 Å². The molecular formula is C10H14N2O3S. The second-order valence-electron chi connectivity index (χ2n) is 3.21. The van der Waals surface area contributed by atoms with Crippen LogP contribution < -0.4 is 5.73 Å². The van der Waals surface area contributed by atoms with Crippen molar-refractivity contribution in [3.63, 3.8) is 0 Å². The van der Waals surface area contributed by atoms with Crippen molar-refractivity contribution < 1.29 is 13.0 Å². The number of benzene rings is 1.